The first-order valence-corrected chi connectivity index (χ1v) is 8.63. The zero-order valence-corrected chi connectivity index (χ0v) is 13.4. The number of aromatic carboxylic acids is 1. The lowest BCUT2D eigenvalue weighted by molar-refractivity contribution is 0.0696. The Morgan fingerprint density at radius 1 is 1.35 bits per heavy atom. The van der Waals surface area contributed by atoms with E-state index in [0.717, 1.165) is 0 Å². The van der Waals surface area contributed by atoms with Gasteiger partial charge in [0.05, 0.1) is 18.4 Å². The van der Waals surface area contributed by atoms with Gasteiger partial charge in [0, 0.05) is 18.7 Å². The average molecular weight is 342 g/mol. The summed E-state index contributed by atoms with van der Waals surface area (Å²) < 4.78 is 27.3. The smallest absolute Gasteiger partial charge is 0.335 e. The van der Waals surface area contributed by atoms with Gasteiger partial charge in [-0.25, -0.2) is 18.4 Å². The van der Waals surface area contributed by atoms with E-state index in [1.807, 2.05) is 0 Å². The standard InChI is InChI=1S/C14H18N2O6S/c1-22-12-5-10(4-11(6-12)14(18)19)13(17)16-3-2-9(7-16)8-23(15,20)21/h4-6,9H,2-3,7-8H2,1H3,(H,18,19)(H2,15,20,21)/t9-/m1/s1. The Kier molecular flexibility index (Phi) is 4.90. The van der Waals surface area contributed by atoms with Crippen molar-refractivity contribution < 1.29 is 27.9 Å². The summed E-state index contributed by atoms with van der Waals surface area (Å²) in [5.74, 6) is -1.63. The summed E-state index contributed by atoms with van der Waals surface area (Å²) in [7, 11) is -2.20. The maximum Gasteiger partial charge on any atom is 0.335 e. The fraction of sp³-hybridized carbons (Fsp3) is 0.429. The Morgan fingerprint density at radius 2 is 2.00 bits per heavy atom. The summed E-state index contributed by atoms with van der Waals surface area (Å²) in [6.45, 7) is 0.674. The van der Waals surface area contributed by atoms with Crippen LogP contribution in [-0.2, 0) is 10.0 Å². The van der Waals surface area contributed by atoms with Crippen molar-refractivity contribution in [1.29, 1.82) is 0 Å². The first-order chi connectivity index (χ1) is 10.7. The van der Waals surface area contributed by atoms with Crippen LogP contribution in [0.1, 0.15) is 27.1 Å². The van der Waals surface area contributed by atoms with E-state index in [9.17, 15) is 18.0 Å². The van der Waals surface area contributed by atoms with Gasteiger partial charge in [-0.1, -0.05) is 0 Å². The molecule has 0 radical (unpaired) electrons. The first-order valence-electron chi connectivity index (χ1n) is 6.91. The number of ether oxygens (including phenoxy) is 1. The molecule has 1 atom stereocenters. The molecule has 1 heterocycles. The highest BCUT2D eigenvalue weighted by atomic mass is 32.2. The Labute approximate surface area is 133 Å². The number of carboxylic acid groups (broad SMARTS) is 1. The lowest BCUT2D eigenvalue weighted by Gasteiger charge is -2.17. The van der Waals surface area contributed by atoms with Crippen LogP contribution in [0, 0.1) is 5.92 Å². The second kappa shape index (κ2) is 6.55. The number of carboxylic acids is 1. The van der Waals surface area contributed by atoms with Crippen molar-refractivity contribution in [3.63, 3.8) is 0 Å². The number of primary sulfonamides is 1. The molecule has 23 heavy (non-hydrogen) atoms. The van der Waals surface area contributed by atoms with Gasteiger partial charge in [-0.2, -0.15) is 0 Å². The fourth-order valence-electron chi connectivity index (χ4n) is 2.63. The number of nitrogens with two attached hydrogens (primary N) is 1. The molecule has 126 valence electrons. The number of methoxy groups -OCH3 is 1. The molecule has 0 bridgehead atoms. The molecule has 1 aromatic rings. The van der Waals surface area contributed by atoms with E-state index in [-0.39, 0.29) is 41.0 Å². The van der Waals surface area contributed by atoms with Crippen LogP contribution in [0.15, 0.2) is 18.2 Å². The third-order valence-electron chi connectivity index (χ3n) is 3.68. The molecule has 2 rings (SSSR count). The van der Waals surface area contributed by atoms with Crippen molar-refractivity contribution >= 4 is 21.9 Å². The Hall–Kier alpha value is -2.13. The molecule has 1 aliphatic rings. The number of hydrogen-bond donors (Lipinski definition) is 2. The second-order valence-corrected chi connectivity index (χ2v) is 7.15. The minimum absolute atomic E-state index is 0.0482. The van der Waals surface area contributed by atoms with Crippen LogP contribution in [-0.4, -0.2) is 56.3 Å². The molecule has 1 aliphatic heterocycles. The highest BCUT2D eigenvalue weighted by Gasteiger charge is 2.29. The largest absolute Gasteiger partial charge is 0.497 e. The Balaban J connectivity index is 2.18. The van der Waals surface area contributed by atoms with Crippen LogP contribution in [0.2, 0.25) is 0 Å². The van der Waals surface area contributed by atoms with E-state index < -0.39 is 16.0 Å². The number of likely N-dealkylation sites (tertiary alicyclic amines) is 1. The summed E-state index contributed by atoms with van der Waals surface area (Å²) in [5, 5.41) is 14.1. The maximum atomic E-state index is 12.5. The highest BCUT2D eigenvalue weighted by Crippen LogP contribution is 2.23. The molecule has 9 heteroatoms. The number of carbonyl (C=O) groups excluding carboxylic acids is 1. The van der Waals surface area contributed by atoms with Crippen LogP contribution in [0.3, 0.4) is 0 Å². The van der Waals surface area contributed by atoms with Crippen LogP contribution in [0.25, 0.3) is 0 Å². The molecule has 0 aliphatic carbocycles. The minimum Gasteiger partial charge on any atom is -0.497 e. The van der Waals surface area contributed by atoms with E-state index in [1.54, 1.807) is 0 Å². The average Bonchev–Trinajstić information content (AvgIpc) is 2.92. The number of hydrogen-bond acceptors (Lipinski definition) is 5. The zero-order chi connectivity index (χ0) is 17.2. The highest BCUT2D eigenvalue weighted by molar-refractivity contribution is 7.89. The van der Waals surface area contributed by atoms with Gasteiger partial charge < -0.3 is 14.7 Å². The van der Waals surface area contributed by atoms with Crippen LogP contribution < -0.4 is 9.88 Å². The van der Waals surface area contributed by atoms with Crippen LogP contribution >= 0.6 is 0 Å². The minimum atomic E-state index is -3.59. The Morgan fingerprint density at radius 3 is 2.57 bits per heavy atom. The molecule has 0 aromatic heterocycles. The molecule has 3 N–H and O–H groups in total. The lowest BCUT2D eigenvalue weighted by Crippen LogP contribution is -2.31. The zero-order valence-electron chi connectivity index (χ0n) is 12.6. The molecular formula is C14H18N2O6S. The van der Waals surface area contributed by atoms with Crippen molar-refractivity contribution in [2.75, 3.05) is 26.0 Å². The van der Waals surface area contributed by atoms with Crippen molar-refractivity contribution in [2.45, 2.75) is 6.42 Å². The van der Waals surface area contributed by atoms with E-state index in [4.69, 9.17) is 15.0 Å². The summed E-state index contributed by atoms with van der Waals surface area (Å²) in [4.78, 5) is 25.1. The first kappa shape index (κ1) is 17.2. The summed E-state index contributed by atoms with van der Waals surface area (Å²) >= 11 is 0. The van der Waals surface area contributed by atoms with E-state index in [1.165, 1.54) is 30.2 Å². The molecule has 0 saturated carbocycles. The molecular weight excluding hydrogens is 324 g/mol. The third kappa shape index (κ3) is 4.42. The molecule has 1 saturated heterocycles. The van der Waals surface area contributed by atoms with Gasteiger partial charge in [0.25, 0.3) is 5.91 Å². The van der Waals surface area contributed by atoms with E-state index >= 15 is 0 Å². The number of benzene rings is 1. The fourth-order valence-corrected chi connectivity index (χ4v) is 3.56. The number of nitrogens with zero attached hydrogens (tertiary/aromatic N) is 1. The monoisotopic (exact) mass is 342 g/mol. The SMILES string of the molecule is COc1cc(C(=O)O)cc(C(=O)N2CC[C@@H](CS(N)(=O)=O)C2)c1. The van der Waals surface area contributed by atoms with Crippen molar-refractivity contribution in [3.05, 3.63) is 29.3 Å². The number of sulfonamides is 1. The van der Waals surface area contributed by atoms with Crippen molar-refractivity contribution in [3.8, 4) is 5.75 Å². The van der Waals surface area contributed by atoms with Gasteiger partial charge in [-0.3, -0.25) is 4.79 Å². The van der Waals surface area contributed by atoms with E-state index in [0.29, 0.717) is 13.0 Å². The predicted octanol–water partition coefficient (Wildman–Crippen LogP) is 0.144. The van der Waals surface area contributed by atoms with Gasteiger partial charge >= 0.3 is 5.97 Å². The molecule has 0 unspecified atom stereocenters. The summed E-state index contributed by atoms with van der Waals surface area (Å²) in [6.07, 6.45) is 0.540. The van der Waals surface area contributed by atoms with Crippen molar-refractivity contribution in [2.24, 2.45) is 11.1 Å². The van der Waals surface area contributed by atoms with Gasteiger partial charge in [0.1, 0.15) is 5.75 Å². The van der Waals surface area contributed by atoms with Gasteiger partial charge in [-0.05, 0) is 30.5 Å². The molecule has 1 fully saturated rings. The summed E-state index contributed by atoms with van der Waals surface area (Å²) in [6, 6.07) is 4.06. The maximum absolute atomic E-state index is 12.5. The molecule has 1 amide bonds. The number of carbonyl (C=O) groups is 2. The number of rotatable bonds is 5. The third-order valence-corrected chi connectivity index (χ3v) is 4.61. The van der Waals surface area contributed by atoms with Gasteiger partial charge in [0.15, 0.2) is 0 Å². The van der Waals surface area contributed by atoms with Gasteiger partial charge in [-0.15, -0.1) is 0 Å². The molecule has 1 aromatic carbocycles. The molecule has 8 nitrogen and oxygen atoms in total. The lowest BCUT2D eigenvalue weighted by atomic mass is 10.1. The number of amides is 1. The van der Waals surface area contributed by atoms with Gasteiger partial charge in [0.2, 0.25) is 10.0 Å². The molecule has 0 spiro atoms. The summed E-state index contributed by atoms with van der Waals surface area (Å²) in [5.41, 5.74) is 0.144. The predicted molar refractivity (Wildman–Crippen MR) is 81.9 cm³/mol. The Bertz CT molecular complexity index is 731. The van der Waals surface area contributed by atoms with E-state index in [2.05, 4.69) is 0 Å². The van der Waals surface area contributed by atoms with Crippen LogP contribution in [0.5, 0.6) is 5.75 Å². The van der Waals surface area contributed by atoms with Crippen LogP contribution in [0.4, 0.5) is 0 Å². The normalized spacial score (nSPS) is 18.0. The van der Waals surface area contributed by atoms with Crippen molar-refractivity contribution in [1.82, 2.24) is 4.90 Å². The second-order valence-electron chi connectivity index (χ2n) is 5.49. The quantitative estimate of drug-likeness (QED) is 0.784. The topological polar surface area (TPSA) is 127 Å².